The molecule has 3 rings (SSSR count). The van der Waals surface area contributed by atoms with Gasteiger partial charge in [-0.1, -0.05) is 23.7 Å². The number of nitrogens with one attached hydrogen (secondary N) is 1. The van der Waals surface area contributed by atoms with Crippen molar-refractivity contribution in [3.8, 4) is 11.4 Å². The molecule has 6 nitrogen and oxygen atoms in total. The van der Waals surface area contributed by atoms with Crippen LogP contribution in [0, 0.1) is 10.1 Å². The summed E-state index contributed by atoms with van der Waals surface area (Å²) in [7, 11) is 0. The van der Waals surface area contributed by atoms with Gasteiger partial charge in [0.25, 0.3) is 5.69 Å². The maximum absolute atomic E-state index is 10.7. The molecule has 1 N–H and O–H groups in total. The molecule has 0 bridgehead atoms. The third-order valence-corrected chi connectivity index (χ3v) is 2.87. The van der Waals surface area contributed by atoms with Gasteiger partial charge < -0.3 is 4.98 Å². The third-order valence-electron chi connectivity index (χ3n) is 2.63. The molecule has 0 aliphatic rings. The van der Waals surface area contributed by atoms with E-state index in [2.05, 4.69) is 15.0 Å². The summed E-state index contributed by atoms with van der Waals surface area (Å²) >= 11 is 5.91. The highest BCUT2D eigenvalue weighted by molar-refractivity contribution is 6.30. The van der Waals surface area contributed by atoms with Crippen molar-refractivity contribution in [3.63, 3.8) is 0 Å². The minimum atomic E-state index is -0.494. The highest BCUT2D eigenvalue weighted by atomic mass is 35.5. The first kappa shape index (κ1) is 11.6. The van der Waals surface area contributed by atoms with E-state index in [1.54, 1.807) is 18.2 Å². The molecule has 0 fully saturated rings. The van der Waals surface area contributed by atoms with E-state index in [0.29, 0.717) is 22.0 Å². The fourth-order valence-electron chi connectivity index (χ4n) is 1.76. The van der Waals surface area contributed by atoms with Crippen LogP contribution in [0.4, 0.5) is 5.69 Å². The Labute approximate surface area is 112 Å². The van der Waals surface area contributed by atoms with Gasteiger partial charge in [0.15, 0.2) is 5.65 Å². The SMILES string of the molecule is O=[N+]([O-])c1cnc2nc(-c3cccc(Cl)c3)[nH]c2c1. The minimum Gasteiger partial charge on any atom is -0.336 e. The summed E-state index contributed by atoms with van der Waals surface area (Å²) in [5, 5.41) is 11.3. The highest BCUT2D eigenvalue weighted by Gasteiger charge is 2.11. The maximum Gasteiger partial charge on any atom is 0.289 e. The van der Waals surface area contributed by atoms with Crippen LogP contribution < -0.4 is 0 Å². The van der Waals surface area contributed by atoms with Gasteiger partial charge in [0.2, 0.25) is 0 Å². The second-order valence-corrected chi connectivity index (χ2v) is 4.35. The van der Waals surface area contributed by atoms with Crippen LogP contribution in [0.5, 0.6) is 0 Å². The number of nitrogens with zero attached hydrogens (tertiary/aromatic N) is 3. The van der Waals surface area contributed by atoms with E-state index in [-0.39, 0.29) is 5.69 Å². The van der Waals surface area contributed by atoms with E-state index in [9.17, 15) is 10.1 Å². The van der Waals surface area contributed by atoms with Crippen molar-refractivity contribution in [2.24, 2.45) is 0 Å². The van der Waals surface area contributed by atoms with Crippen LogP contribution in [0.15, 0.2) is 36.5 Å². The lowest BCUT2D eigenvalue weighted by Crippen LogP contribution is -1.88. The number of imidazole rings is 1. The van der Waals surface area contributed by atoms with Crippen LogP contribution in [0.1, 0.15) is 0 Å². The molecule has 0 radical (unpaired) electrons. The Morgan fingerprint density at radius 1 is 1.32 bits per heavy atom. The number of rotatable bonds is 2. The highest BCUT2D eigenvalue weighted by Crippen LogP contribution is 2.23. The second-order valence-electron chi connectivity index (χ2n) is 3.92. The van der Waals surface area contributed by atoms with Gasteiger partial charge in [0.1, 0.15) is 12.0 Å². The lowest BCUT2D eigenvalue weighted by Gasteiger charge is -1.95. The molecule has 0 aliphatic heterocycles. The number of aromatic nitrogens is 3. The fourth-order valence-corrected chi connectivity index (χ4v) is 1.95. The number of hydrogen-bond donors (Lipinski definition) is 1. The molecule has 0 aliphatic carbocycles. The van der Waals surface area contributed by atoms with E-state index in [1.807, 2.05) is 6.07 Å². The predicted molar refractivity (Wildman–Crippen MR) is 71.0 cm³/mol. The molecule has 3 aromatic rings. The number of aromatic amines is 1. The van der Waals surface area contributed by atoms with E-state index in [1.165, 1.54) is 12.3 Å². The summed E-state index contributed by atoms with van der Waals surface area (Å²) < 4.78 is 0. The second kappa shape index (κ2) is 4.33. The van der Waals surface area contributed by atoms with E-state index in [4.69, 9.17) is 11.6 Å². The number of hydrogen-bond acceptors (Lipinski definition) is 4. The largest absolute Gasteiger partial charge is 0.336 e. The number of pyridine rings is 1. The van der Waals surface area contributed by atoms with Crippen molar-refractivity contribution < 1.29 is 4.92 Å². The number of halogens is 1. The van der Waals surface area contributed by atoms with Crippen molar-refractivity contribution in [1.29, 1.82) is 0 Å². The molecule has 2 aromatic heterocycles. The van der Waals surface area contributed by atoms with Gasteiger partial charge in [0, 0.05) is 16.7 Å². The Bertz CT molecular complexity index is 784. The zero-order valence-corrected chi connectivity index (χ0v) is 10.3. The minimum absolute atomic E-state index is 0.0752. The van der Waals surface area contributed by atoms with Gasteiger partial charge in [-0.2, -0.15) is 0 Å². The van der Waals surface area contributed by atoms with Crippen molar-refractivity contribution >= 4 is 28.5 Å². The summed E-state index contributed by atoms with van der Waals surface area (Å²) in [6.45, 7) is 0. The Morgan fingerprint density at radius 3 is 2.89 bits per heavy atom. The summed E-state index contributed by atoms with van der Waals surface area (Å²) in [4.78, 5) is 21.4. The van der Waals surface area contributed by atoms with Crippen LogP contribution in [0.25, 0.3) is 22.6 Å². The Morgan fingerprint density at radius 2 is 2.16 bits per heavy atom. The lowest BCUT2D eigenvalue weighted by atomic mass is 10.2. The zero-order chi connectivity index (χ0) is 13.4. The van der Waals surface area contributed by atoms with Gasteiger partial charge in [-0.25, -0.2) is 9.97 Å². The Balaban J connectivity index is 2.14. The average molecular weight is 275 g/mol. The summed E-state index contributed by atoms with van der Waals surface area (Å²) in [6.07, 6.45) is 1.19. The van der Waals surface area contributed by atoms with Crippen LogP contribution >= 0.6 is 11.6 Å². The number of fused-ring (bicyclic) bond motifs is 1. The standard InChI is InChI=1S/C12H7ClN4O2/c13-8-3-1-2-7(4-8)11-15-10-5-9(17(18)19)6-14-12(10)16-11/h1-6H,(H,14,15,16). The fraction of sp³-hybridized carbons (Fsp3) is 0. The first-order chi connectivity index (χ1) is 9.13. The van der Waals surface area contributed by atoms with Crippen LogP contribution in [-0.2, 0) is 0 Å². The van der Waals surface area contributed by atoms with Gasteiger partial charge in [-0.3, -0.25) is 10.1 Å². The molecule has 2 heterocycles. The van der Waals surface area contributed by atoms with Gasteiger partial charge >= 0.3 is 0 Å². The van der Waals surface area contributed by atoms with E-state index >= 15 is 0 Å². The normalized spacial score (nSPS) is 10.8. The molecule has 0 unspecified atom stereocenters. The molecule has 0 atom stereocenters. The van der Waals surface area contributed by atoms with Crippen molar-refractivity contribution in [3.05, 3.63) is 51.7 Å². The third kappa shape index (κ3) is 2.13. The number of benzene rings is 1. The predicted octanol–water partition coefficient (Wildman–Crippen LogP) is 3.19. The van der Waals surface area contributed by atoms with Gasteiger partial charge in [0.05, 0.1) is 10.4 Å². The number of H-pyrrole nitrogens is 1. The zero-order valence-electron chi connectivity index (χ0n) is 9.50. The lowest BCUT2D eigenvalue weighted by molar-refractivity contribution is -0.385. The maximum atomic E-state index is 10.7. The number of nitro groups is 1. The van der Waals surface area contributed by atoms with Gasteiger partial charge in [-0.15, -0.1) is 0 Å². The molecule has 1 aromatic carbocycles. The molecule has 19 heavy (non-hydrogen) atoms. The van der Waals surface area contributed by atoms with Crippen LogP contribution in [0.2, 0.25) is 5.02 Å². The molecule has 0 spiro atoms. The van der Waals surface area contributed by atoms with Crippen molar-refractivity contribution in [1.82, 2.24) is 15.0 Å². The van der Waals surface area contributed by atoms with Crippen molar-refractivity contribution in [2.45, 2.75) is 0 Å². The molecule has 0 saturated heterocycles. The summed E-state index contributed by atoms with van der Waals surface area (Å²) in [6, 6.07) is 8.58. The first-order valence-corrected chi connectivity index (χ1v) is 5.77. The first-order valence-electron chi connectivity index (χ1n) is 5.39. The quantitative estimate of drug-likeness (QED) is 0.574. The molecule has 94 valence electrons. The monoisotopic (exact) mass is 274 g/mol. The van der Waals surface area contributed by atoms with Gasteiger partial charge in [-0.05, 0) is 12.1 Å². The summed E-state index contributed by atoms with van der Waals surface area (Å²) in [5.41, 5.74) is 1.67. The van der Waals surface area contributed by atoms with E-state index in [0.717, 1.165) is 5.56 Å². The van der Waals surface area contributed by atoms with Crippen LogP contribution in [0.3, 0.4) is 0 Å². The Kier molecular flexibility index (Phi) is 2.64. The smallest absolute Gasteiger partial charge is 0.289 e. The summed E-state index contributed by atoms with van der Waals surface area (Å²) in [5.74, 6) is 0.575. The molecule has 7 heteroatoms. The molecular weight excluding hydrogens is 268 g/mol. The average Bonchev–Trinajstić information content (AvgIpc) is 2.81. The molecule has 0 amide bonds. The van der Waals surface area contributed by atoms with Crippen molar-refractivity contribution in [2.75, 3.05) is 0 Å². The van der Waals surface area contributed by atoms with Crippen LogP contribution in [-0.4, -0.2) is 19.9 Å². The topological polar surface area (TPSA) is 84.7 Å². The molecule has 0 saturated carbocycles. The van der Waals surface area contributed by atoms with E-state index < -0.39 is 4.92 Å². The molecular formula is C12H7ClN4O2. The Hall–Kier alpha value is -2.47.